The van der Waals surface area contributed by atoms with E-state index in [0.717, 1.165) is 9.37 Å². The third-order valence-electron chi connectivity index (χ3n) is 3.23. The van der Waals surface area contributed by atoms with Gasteiger partial charge in [0, 0.05) is 9.50 Å². The Hall–Kier alpha value is -1.62. The van der Waals surface area contributed by atoms with Crippen molar-refractivity contribution in [1.29, 1.82) is 0 Å². The molecule has 2 aromatic carbocycles. The summed E-state index contributed by atoms with van der Waals surface area (Å²) in [4.78, 5) is 26.1. The van der Waals surface area contributed by atoms with Gasteiger partial charge in [-0.15, -0.1) is 0 Å². The van der Waals surface area contributed by atoms with Gasteiger partial charge in [0.05, 0.1) is 11.3 Å². The number of imide groups is 1. The highest BCUT2D eigenvalue weighted by Crippen LogP contribution is 2.35. The minimum atomic E-state index is -0.533. The van der Waals surface area contributed by atoms with E-state index in [1.807, 2.05) is 6.07 Å². The van der Waals surface area contributed by atoms with Crippen LogP contribution in [0.15, 0.2) is 58.0 Å². The first-order chi connectivity index (χ1) is 10.5. The molecule has 22 heavy (non-hydrogen) atoms. The van der Waals surface area contributed by atoms with Crippen LogP contribution in [0.4, 0.5) is 5.69 Å². The van der Waals surface area contributed by atoms with Gasteiger partial charge in [0.2, 0.25) is 0 Å². The van der Waals surface area contributed by atoms with Crippen LogP contribution in [0.3, 0.4) is 0 Å². The predicted molar refractivity (Wildman–Crippen MR) is 90.9 cm³/mol. The lowest BCUT2D eigenvalue weighted by atomic mass is 10.1. The van der Waals surface area contributed by atoms with Crippen molar-refractivity contribution in [2.45, 2.75) is 0 Å². The summed E-state index contributed by atoms with van der Waals surface area (Å²) in [6.07, 6.45) is 0. The number of benzene rings is 2. The molecule has 6 heteroatoms. The molecule has 0 N–H and O–H groups in total. The average Bonchev–Trinajstić information content (AvgIpc) is 2.71. The molecule has 0 aliphatic carbocycles. The van der Waals surface area contributed by atoms with E-state index >= 15 is 0 Å². The van der Waals surface area contributed by atoms with Crippen molar-refractivity contribution in [3.8, 4) is 0 Å². The summed E-state index contributed by atoms with van der Waals surface area (Å²) >= 11 is 15.3. The maximum atomic E-state index is 12.6. The molecule has 0 aromatic heterocycles. The summed E-state index contributed by atoms with van der Waals surface area (Å²) in [5.74, 6) is -0.981. The molecule has 0 saturated carbocycles. The molecule has 3 nitrogen and oxygen atoms in total. The van der Waals surface area contributed by atoms with Crippen molar-refractivity contribution in [2.24, 2.45) is 0 Å². The molecule has 0 bridgehead atoms. The Morgan fingerprint density at radius 2 is 1.59 bits per heavy atom. The van der Waals surface area contributed by atoms with Crippen molar-refractivity contribution in [3.05, 3.63) is 68.6 Å². The Labute approximate surface area is 145 Å². The zero-order valence-corrected chi connectivity index (χ0v) is 14.1. The fourth-order valence-corrected chi connectivity index (χ4v) is 3.01. The predicted octanol–water partition coefficient (Wildman–Crippen LogP) is 4.63. The second-order valence-electron chi connectivity index (χ2n) is 4.62. The van der Waals surface area contributed by atoms with Gasteiger partial charge in [-0.1, -0.05) is 57.3 Å². The van der Waals surface area contributed by atoms with E-state index in [1.165, 1.54) is 0 Å². The smallest absolute Gasteiger partial charge is 0.268 e. The summed E-state index contributed by atoms with van der Waals surface area (Å²) in [6, 6.07) is 13.5. The number of anilines is 1. The molecule has 0 atom stereocenters. The molecule has 1 heterocycles. The Balaban J connectivity index is 2.05. The first kappa shape index (κ1) is 15.3. The van der Waals surface area contributed by atoms with Crippen molar-refractivity contribution in [2.75, 3.05) is 4.90 Å². The Morgan fingerprint density at radius 3 is 2.23 bits per heavy atom. The fraction of sp³-hybridized carbons (Fsp3) is 0. The van der Waals surface area contributed by atoms with Gasteiger partial charge in [-0.2, -0.15) is 0 Å². The summed E-state index contributed by atoms with van der Waals surface area (Å²) in [7, 11) is 0. The molecule has 2 amide bonds. The molecule has 110 valence electrons. The summed E-state index contributed by atoms with van der Waals surface area (Å²) in [5.41, 5.74) is 1.21. The number of nitrogens with zero attached hydrogens (tertiary/aromatic N) is 1. The van der Waals surface area contributed by atoms with E-state index in [2.05, 4.69) is 15.9 Å². The summed E-state index contributed by atoms with van der Waals surface area (Å²) < 4.78 is 0.765. The van der Waals surface area contributed by atoms with Crippen molar-refractivity contribution >= 4 is 62.2 Å². The summed E-state index contributed by atoms with van der Waals surface area (Å²) in [5, 5.41) is 0.452. The largest absolute Gasteiger partial charge is 0.277 e. The third kappa shape index (κ3) is 2.58. The Bertz CT molecular complexity index is 815. The number of halogens is 3. The fourth-order valence-electron chi connectivity index (χ4n) is 2.22. The molecular formula is C16H8BrCl2NO2. The first-order valence-electron chi connectivity index (χ1n) is 6.29. The van der Waals surface area contributed by atoms with Crippen LogP contribution in [0.1, 0.15) is 5.56 Å². The number of carbonyl (C=O) groups is 2. The summed E-state index contributed by atoms with van der Waals surface area (Å²) in [6.45, 7) is 0. The van der Waals surface area contributed by atoms with Gasteiger partial charge in [-0.25, -0.2) is 4.90 Å². The molecule has 1 aliphatic rings. The van der Waals surface area contributed by atoms with Gasteiger partial charge < -0.3 is 0 Å². The molecule has 0 radical (unpaired) electrons. The Kier molecular flexibility index (Phi) is 4.08. The number of carbonyl (C=O) groups excluding carboxylic acids is 2. The van der Waals surface area contributed by atoms with E-state index < -0.39 is 11.8 Å². The van der Waals surface area contributed by atoms with Gasteiger partial charge in [0.1, 0.15) is 5.03 Å². The van der Waals surface area contributed by atoms with Crippen LogP contribution in [-0.2, 0) is 9.59 Å². The topological polar surface area (TPSA) is 37.4 Å². The van der Waals surface area contributed by atoms with E-state index in [1.54, 1.807) is 42.5 Å². The maximum Gasteiger partial charge on any atom is 0.277 e. The lowest BCUT2D eigenvalue weighted by Crippen LogP contribution is -2.31. The highest BCUT2D eigenvalue weighted by atomic mass is 79.9. The normalized spacial score (nSPS) is 15.0. The van der Waals surface area contributed by atoms with Gasteiger partial charge in [-0.3, -0.25) is 9.59 Å². The molecule has 0 saturated heterocycles. The second kappa shape index (κ2) is 5.88. The number of hydrogen-bond donors (Lipinski definition) is 0. The van der Waals surface area contributed by atoms with Crippen LogP contribution in [-0.4, -0.2) is 11.8 Å². The standard InChI is InChI=1S/C16H8BrCl2NO2/c17-10-2-1-3-12(8-10)20-15(21)13(14(19)16(20)22)9-4-6-11(18)7-5-9/h1-8H. The van der Waals surface area contributed by atoms with Gasteiger partial charge >= 0.3 is 0 Å². The van der Waals surface area contributed by atoms with Crippen LogP contribution >= 0.6 is 39.1 Å². The third-order valence-corrected chi connectivity index (χ3v) is 4.32. The van der Waals surface area contributed by atoms with Crippen LogP contribution < -0.4 is 4.90 Å². The quantitative estimate of drug-likeness (QED) is 0.694. The minimum Gasteiger partial charge on any atom is -0.268 e. The zero-order valence-electron chi connectivity index (χ0n) is 11.0. The maximum absolute atomic E-state index is 12.6. The van der Waals surface area contributed by atoms with E-state index in [-0.39, 0.29) is 10.6 Å². The second-order valence-corrected chi connectivity index (χ2v) is 6.35. The van der Waals surface area contributed by atoms with Crippen LogP contribution in [0.25, 0.3) is 5.57 Å². The van der Waals surface area contributed by atoms with Crippen LogP contribution in [0.2, 0.25) is 5.02 Å². The molecule has 0 fully saturated rings. The number of amides is 2. The SMILES string of the molecule is O=C1C(Cl)=C(c2ccc(Cl)cc2)C(=O)N1c1cccc(Br)c1. The van der Waals surface area contributed by atoms with Crippen molar-refractivity contribution in [1.82, 2.24) is 0 Å². The molecule has 0 unspecified atom stereocenters. The van der Waals surface area contributed by atoms with E-state index in [0.29, 0.717) is 16.3 Å². The van der Waals surface area contributed by atoms with Crippen LogP contribution in [0.5, 0.6) is 0 Å². The van der Waals surface area contributed by atoms with Crippen molar-refractivity contribution < 1.29 is 9.59 Å². The average molecular weight is 397 g/mol. The highest BCUT2D eigenvalue weighted by molar-refractivity contribution is 9.10. The van der Waals surface area contributed by atoms with Crippen molar-refractivity contribution in [3.63, 3.8) is 0 Å². The number of hydrogen-bond acceptors (Lipinski definition) is 2. The monoisotopic (exact) mass is 395 g/mol. The minimum absolute atomic E-state index is 0.0905. The lowest BCUT2D eigenvalue weighted by Gasteiger charge is -2.15. The van der Waals surface area contributed by atoms with Crippen LogP contribution in [0, 0.1) is 0 Å². The highest BCUT2D eigenvalue weighted by Gasteiger charge is 2.39. The first-order valence-corrected chi connectivity index (χ1v) is 7.84. The lowest BCUT2D eigenvalue weighted by molar-refractivity contribution is -0.119. The van der Waals surface area contributed by atoms with Gasteiger partial charge in [0.15, 0.2) is 0 Å². The molecule has 0 spiro atoms. The molecular weight excluding hydrogens is 389 g/mol. The van der Waals surface area contributed by atoms with Gasteiger partial charge in [0.25, 0.3) is 11.8 Å². The Morgan fingerprint density at radius 1 is 0.909 bits per heavy atom. The van der Waals surface area contributed by atoms with E-state index in [9.17, 15) is 9.59 Å². The zero-order chi connectivity index (χ0) is 15.9. The molecule has 2 aromatic rings. The molecule has 3 rings (SSSR count). The number of rotatable bonds is 2. The van der Waals surface area contributed by atoms with E-state index in [4.69, 9.17) is 23.2 Å². The molecule has 1 aliphatic heterocycles. The van der Waals surface area contributed by atoms with Gasteiger partial charge in [-0.05, 0) is 35.9 Å².